The zero-order valence-electron chi connectivity index (χ0n) is 35.8. The number of ether oxygens (including phenoxy) is 1. The van der Waals surface area contributed by atoms with Crippen LogP contribution >= 0.6 is 11.3 Å². The number of nitrogens with zero attached hydrogens (tertiary/aromatic N) is 1. The number of benzene rings is 11. The predicted molar refractivity (Wildman–Crippen MR) is 277 cm³/mol. The van der Waals surface area contributed by atoms with E-state index in [1.807, 2.05) is 11.3 Å². The van der Waals surface area contributed by atoms with E-state index in [9.17, 15) is 0 Å². The second-order valence-corrected chi connectivity index (χ2v) is 18.6. The average Bonchev–Trinajstić information content (AvgIpc) is 3.90. The molecule has 1 aliphatic carbocycles. The maximum Gasteiger partial charge on any atom is 0.140 e. The van der Waals surface area contributed by atoms with E-state index >= 15 is 0 Å². The molecule has 0 amide bonds. The number of thiophene rings is 1. The highest BCUT2D eigenvalue weighted by atomic mass is 32.1. The van der Waals surface area contributed by atoms with Crippen LogP contribution in [0.25, 0.3) is 75.1 Å². The number of hydrogen-bond acceptors (Lipinski definition) is 3. The SMILES string of the molecule is c1ccc(-c2cccc(N(c3ccc(-c4ccc5c(c4)-c4ccccc4C54c5ccc6ccccc6c5Oc5c4ccc4ccccc54)cc3)c3ccc4c(c3)sc3ccccc34)c2)cc1. The Hall–Kier alpha value is -8.24. The van der Waals surface area contributed by atoms with Gasteiger partial charge in [0.2, 0.25) is 0 Å². The molecule has 0 unspecified atom stereocenters. The minimum Gasteiger partial charge on any atom is -0.455 e. The third-order valence-corrected chi connectivity index (χ3v) is 15.2. The molecule has 1 aromatic heterocycles. The van der Waals surface area contributed by atoms with Crippen LogP contribution in [-0.4, -0.2) is 0 Å². The molecule has 3 heteroatoms. The van der Waals surface area contributed by atoms with Crippen molar-refractivity contribution in [2.75, 3.05) is 4.90 Å². The molecule has 308 valence electrons. The highest BCUT2D eigenvalue weighted by Crippen LogP contribution is 2.64. The molecule has 2 nitrogen and oxygen atoms in total. The Morgan fingerprint density at radius 3 is 1.64 bits per heavy atom. The van der Waals surface area contributed by atoms with Crippen LogP contribution < -0.4 is 9.64 Å². The first-order chi connectivity index (χ1) is 32.7. The molecule has 2 heterocycles. The lowest BCUT2D eigenvalue weighted by Crippen LogP contribution is -2.32. The van der Waals surface area contributed by atoms with Crippen molar-refractivity contribution < 1.29 is 4.74 Å². The van der Waals surface area contributed by atoms with Gasteiger partial charge in [-0.15, -0.1) is 11.3 Å². The van der Waals surface area contributed by atoms with Crippen LogP contribution in [0.1, 0.15) is 22.3 Å². The summed E-state index contributed by atoms with van der Waals surface area (Å²) in [5, 5.41) is 7.19. The first-order valence-corrected chi connectivity index (χ1v) is 23.5. The van der Waals surface area contributed by atoms with Crippen LogP contribution in [-0.2, 0) is 5.41 Å². The zero-order chi connectivity index (χ0) is 43.3. The van der Waals surface area contributed by atoms with Gasteiger partial charge in [-0.25, -0.2) is 0 Å². The van der Waals surface area contributed by atoms with Gasteiger partial charge in [0, 0.05) is 59.1 Å². The molecule has 1 aliphatic heterocycles. The molecule has 0 saturated heterocycles. The van der Waals surface area contributed by atoms with E-state index < -0.39 is 5.41 Å². The second-order valence-electron chi connectivity index (χ2n) is 17.6. The molecule has 66 heavy (non-hydrogen) atoms. The fraction of sp³-hybridized carbons (Fsp3) is 0.0159. The molecular formula is C63H39NOS. The van der Waals surface area contributed by atoms with Crippen molar-refractivity contribution in [2.24, 2.45) is 0 Å². The predicted octanol–water partition coefficient (Wildman–Crippen LogP) is 17.6. The first-order valence-electron chi connectivity index (χ1n) is 22.6. The summed E-state index contributed by atoms with van der Waals surface area (Å²) in [6, 6.07) is 86.9. The summed E-state index contributed by atoms with van der Waals surface area (Å²) >= 11 is 1.86. The molecule has 2 aliphatic rings. The van der Waals surface area contributed by atoms with Gasteiger partial charge >= 0.3 is 0 Å². The van der Waals surface area contributed by atoms with Gasteiger partial charge < -0.3 is 9.64 Å². The Balaban J connectivity index is 0.923. The maximum atomic E-state index is 7.17. The van der Waals surface area contributed by atoms with Gasteiger partial charge in [-0.05, 0) is 104 Å². The van der Waals surface area contributed by atoms with Gasteiger partial charge in [-0.2, -0.15) is 0 Å². The number of rotatable bonds is 5. The molecule has 12 aromatic rings. The molecule has 0 atom stereocenters. The number of anilines is 3. The monoisotopic (exact) mass is 857 g/mol. The fourth-order valence-electron chi connectivity index (χ4n) is 11.1. The maximum absolute atomic E-state index is 7.17. The normalized spacial score (nSPS) is 13.1. The summed E-state index contributed by atoms with van der Waals surface area (Å²) in [6.45, 7) is 0. The van der Waals surface area contributed by atoms with Crippen molar-refractivity contribution in [3.63, 3.8) is 0 Å². The first kappa shape index (κ1) is 37.2. The van der Waals surface area contributed by atoms with Gasteiger partial charge in [0.05, 0.1) is 5.41 Å². The number of hydrogen-bond donors (Lipinski definition) is 0. The summed E-state index contributed by atoms with van der Waals surface area (Å²) in [7, 11) is 0. The van der Waals surface area contributed by atoms with Crippen LogP contribution in [0.15, 0.2) is 237 Å². The van der Waals surface area contributed by atoms with Crippen molar-refractivity contribution in [1.82, 2.24) is 0 Å². The van der Waals surface area contributed by atoms with E-state index in [-0.39, 0.29) is 0 Å². The van der Waals surface area contributed by atoms with Gasteiger partial charge in [0.25, 0.3) is 0 Å². The Bertz CT molecular complexity index is 3840. The third-order valence-electron chi connectivity index (χ3n) is 14.1. The van der Waals surface area contributed by atoms with Crippen molar-refractivity contribution in [3.8, 4) is 44.9 Å². The third kappa shape index (κ3) is 5.41. The van der Waals surface area contributed by atoms with Crippen molar-refractivity contribution in [3.05, 3.63) is 259 Å². The summed E-state index contributed by atoms with van der Waals surface area (Å²) in [5.41, 5.74) is 14.9. The lowest BCUT2D eigenvalue weighted by atomic mass is 9.65. The van der Waals surface area contributed by atoms with Crippen molar-refractivity contribution in [1.29, 1.82) is 0 Å². The minimum atomic E-state index is -0.574. The Labute approximate surface area is 386 Å². The molecule has 0 saturated carbocycles. The van der Waals surface area contributed by atoms with Crippen LogP contribution in [0, 0.1) is 0 Å². The Kier molecular flexibility index (Phi) is 8.10. The summed E-state index contributed by atoms with van der Waals surface area (Å²) < 4.78 is 9.76. The summed E-state index contributed by atoms with van der Waals surface area (Å²) in [5.74, 6) is 1.87. The zero-order valence-corrected chi connectivity index (χ0v) is 36.6. The molecule has 14 rings (SSSR count). The molecule has 0 N–H and O–H groups in total. The smallest absolute Gasteiger partial charge is 0.140 e. The molecule has 0 radical (unpaired) electrons. The largest absolute Gasteiger partial charge is 0.455 e. The summed E-state index contributed by atoms with van der Waals surface area (Å²) in [4.78, 5) is 2.40. The van der Waals surface area contributed by atoms with Crippen LogP contribution in [0.5, 0.6) is 11.5 Å². The summed E-state index contributed by atoms with van der Waals surface area (Å²) in [6.07, 6.45) is 0. The molecular weight excluding hydrogens is 819 g/mol. The van der Waals surface area contributed by atoms with Crippen molar-refractivity contribution >= 4 is 70.1 Å². The van der Waals surface area contributed by atoms with Gasteiger partial charge in [-0.1, -0.05) is 188 Å². The Morgan fingerprint density at radius 2 is 0.864 bits per heavy atom. The highest BCUT2D eigenvalue weighted by Gasteiger charge is 2.51. The lowest BCUT2D eigenvalue weighted by molar-refractivity contribution is 0.447. The van der Waals surface area contributed by atoms with E-state index in [1.54, 1.807) is 0 Å². The van der Waals surface area contributed by atoms with Crippen LogP contribution in [0.2, 0.25) is 0 Å². The molecule has 0 fully saturated rings. The molecule has 0 bridgehead atoms. The lowest BCUT2D eigenvalue weighted by Gasteiger charge is -2.40. The Morgan fingerprint density at radius 1 is 0.318 bits per heavy atom. The average molecular weight is 858 g/mol. The van der Waals surface area contributed by atoms with Gasteiger partial charge in [0.15, 0.2) is 0 Å². The van der Waals surface area contributed by atoms with Crippen LogP contribution in [0.3, 0.4) is 0 Å². The van der Waals surface area contributed by atoms with Crippen LogP contribution in [0.4, 0.5) is 17.1 Å². The van der Waals surface area contributed by atoms with E-state index in [0.717, 1.165) is 39.3 Å². The minimum absolute atomic E-state index is 0.574. The standard InChI is InChI=1S/C63H39NOS/c1-2-13-40(14-3-1)44-17-12-18-47(37-44)64(48-32-33-53-52-22-9-11-24-59(52)66-60(53)39-48)46-30-25-41(26-31-46)45-29-34-56-54(38-45)51-21-8-10-23-55(51)63(56)57-35-27-42-15-4-6-19-49(42)61(57)65-62-50-20-7-5-16-43(50)28-36-58(62)63/h1-39H. The highest BCUT2D eigenvalue weighted by molar-refractivity contribution is 7.25. The van der Waals surface area contributed by atoms with Gasteiger partial charge in [0.1, 0.15) is 11.5 Å². The van der Waals surface area contributed by atoms with Crippen molar-refractivity contribution in [2.45, 2.75) is 5.41 Å². The fourth-order valence-corrected chi connectivity index (χ4v) is 12.3. The van der Waals surface area contributed by atoms with E-state index in [4.69, 9.17) is 4.74 Å². The second kappa shape index (κ2) is 14.4. The van der Waals surface area contributed by atoms with E-state index in [1.165, 1.54) is 86.6 Å². The number of fused-ring (bicyclic) bond motifs is 16. The van der Waals surface area contributed by atoms with E-state index in [2.05, 4.69) is 241 Å². The molecule has 1 spiro atoms. The topological polar surface area (TPSA) is 12.5 Å². The van der Waals surface area contributed by atoms with Gasteiger partial charge in [-0.3, -0.25) is 0 Å². The quantitative estimate of drug-likeness (QED) is 0.171. The van der Waals surface area contributed by atoms with E-state index in [0.29, 0.717) is 0 Å². The molecule has 11 aromatic carbocycles.